The number of Topliss-reactive ketones (excluding diaryl/α,β-unsaturated/α-hetero) is 1. The summed E-state index contributed by atoms with van der Waals surface area (Å²) >= 11 is 0. The number of nitriles is 1. The lowest BCUT2D eigenvalue weighted by molar-refractivity contribution is -0.172. The summed E-state index contributed by atoms with van der Waals surface area (Å²) in [5.74, 6) is -0.984. The molecule has 1 N–H and O–H groups in total. The van der Waals surface area contributed by atoms with Gasteiger partial charge in [0.1, 0.15) is 6.07 Å². The van der Waals surface area contributed by atoms with E-state index < -0.39 is 22.2 Å². The lowest BCUT2D eigenvalue weighted by atomic mass is 9.34. The minimum absolute atomic E-state index is 0.00554. The van der Waals surface area contributed by atoms with Crippen LogP contribution in [0, 0.1) is 61.6 Å². The number of ketones is 2. The highest BCUT2D eigenvalue weighted by molar-refractivity contribution is 6.05. The Morgan fingerprint density at radius 2 is 1.64 bits per heavy atom. The van der Waals surface area contributed by atoms with Gasteiger partial charge in [0.2, 0.25) is 0 Å². The molecule has 36 heavy (non-hydrogen) atoms. The fraction of sp³-hybridized carbons (Fsp3) is 0.742. The number of aliphatic carboxylic acids is 1. The first-order chi connectivity index (χ1) is 16.5. The van der Waals surface area contributed by atoms with E-state index in [4.69, 9.17) is 0 Å². The third kappa shape index (κ3) is 2.85. The molecule has 0 aromatic rings. The van der Waals surface area contributed by atoms with E-state index >= 15 is 0 Å². The van der Waals surface area contributed by atoms with Crippen LogP contribution < -0.4 is 0 Å². The van der Waals surface area contributed by atoms with E-state index in [1.807, 2.05) is 32.9 Å². The molecule has 5 rings (SSSR count). The van der Waals surface area contributed by atoms with Crippen molar-refractivity contribution in [3.8, 4) is 6.07 Å². The number of hydrogen-bond donors (Lipinski definition) is 1. The van der Waals surface area contributed by atoms with Crippen molar-refractivity contribution < 1.29 is 19.5 Å². The van der Waals surface area contributed by atoms with Crippen LogP contribution in [0.2, 0.25) is 0 Å². The quantitative estimate of drug-likeness (QED) is 0.465. The van der Waals surface area contributed by atoms with E-state index in [0.29, 0.717) is 12.8 Å². The van der Waals surface area contributed by atoms with Gasteiger partial charge in [-0.05, 0) is 86.0 Å². The maximum atomic E-state index is 14.3. The van der Waals surface area contributed by atoms with E-state index in [1.165, 1.54) is 5.57 Å². The summed E-state index contributed by atoms with van der Waals surface area (Å²) in [5.41, 5.74) is -1.23. The number of carbonyl (C=O) groups is 3. The van der Waals surface area contributed by atoms with Crippen LogP contribution in [0.1, 0.15) is 93.4 Å². The molecular weight excluding hydrogens is 450 g/mol. The Labute approximate surface area is 215 Å². The molecule has 0 aromatic heterocycles. The number of carboxylic acids is 1. The number of carboxylic acid groups (broad SMARTS) is 1. The van der Waals surface area contributed by atoms with Crippen LogP contribution in [0.5, 0.6) is 0 Å². The smallest absolute Gasteiger partial charge is 0.309 e. The van der Waals surface area contributed by atoms with Crippen LogP contribution in [-0.4, -0.2) is 22.6 Å². The summed E-state index contributed by atoms with van der Waals surface area (Å²) in [5, 5.41) is 19.9. The number of rotatable bonds is 1. The van der Waals surface area contributed by atoms with Crippen molar-refractivity contribution in [2.75, 3.05) is 0 Å². The van der Waals surface area contributed by atoms with Crippen molar-refractivity contribution >= 4 is 17.5 Å². The minimum Gasteiger partial charge on any atom is -0.481 e. The summed E-state index contributed by atoms with van der Waals surface area (Å²) in [4.78, 5) is 39.7. The number of carbonyl (C=O) groups excluding carboxylic acids is 2. The fourth-order valence-electron chi connectivity index (χ4n) is 9.98. The highest BCUT2D eigenvalue weighted by Crippen LogP contribution is 2.74. The highest BCUT2D eigenvalue weighted by Gasteiger charge is 2.70. The third-order valence-corrected chi connectivity index (χ3v) is 12.6. The van der Waals surface area contributed by atoms with Gasteiger partial charge in [0.25, 0.3) is 0 Å². The minimum atomic E-state index is -0.772. The molecule has 5 aliphatic carbocycles. The van der Waals surface area contributed by atoms with Gasteiger partial charge in [0.05, 0.1) is 11.0 Å². The number of allylic oxidation sites excluding steroid dienone is 4. The Hall–Kier alpha value is -2.22. The zero-order valence-corrected chi connectivity index (χ0v) is 23.0. The maximum absolute atomic E-state index is 14.3. The second-order valence-corrected chi connectivity index (χ2v) is 14.6. The van der Waals surface area contributed by atoms with Crippen LogP contribution in [0.15, 0.2) is 23.3 Å². The molecule has 8 atom stereocenters. The van der Waals surface area contributed by atoms with Gasteiger partial charge >= 0.3 is 5.97 Å². The van der Waals surface area contributed by atoms with E-state index in [0.717, 1.165) is 32.1 Å². The monoisotopic (exact) mass is 491 g/mol. The molecule has 0 saturated heterocycles. The Kier molecular flexibility index (Phi) is 5.09. The molecule has 3 saturated carbocycles. The van der Waals surface area contributed by atoms with Crippen molar-refractivity contribution in [1.82, 2.24) is 0 Å². The molecule has 2 unspecified atom stereocenters. The standard InChI is InChI=1S/C31H41NO4/c1-26(2)22-8-9-31(7)23(29(22,5)15-18(17-32)24(26)34)21(33)14-19-20-16-28(4,25(35)36)11-10-27(20,3)12-13-30(19,31)6/h14-15,20,22-23H,8-13,16H2,1-7H3,(H,35,36)/t20-,22?,23+,27+,28?,29-,30+,31+/m0/s1. The van der Waals surface area contributed by atoms with Crippen LogP contribution >= 0.6 is 0 Å². The van der Waals surface area contributed by atoms with Gasteiger partial charge in [0, 0.05) is 16.7 Å². The highest BCUT2D eigenvalue weighted by atomic mass is 16.4. The lowest BCUT2D eigenvalue weighted by Crippen LogP contribution is -2.65. The van der Waals surface area contributed by atoms with Crippen LogP contribution in [0.3, 0.4) is 0 Å². The largest absolute Gasteiger partial charge is 0.481 e. The summed E-state index contributed by atoms with van der Waals surface area (Å²) in [6, 6.07) is 2.15. The van der Waals surface area contributed by atoms with Crippen molar-refractivity contribution in [2.45, 2.75) is 93.4 Å². The SMILES string of the molecule is CC1(C(=O)O)CC[C@]2(C)CC[C@]3(C)C(=CC(=O)[C@@H]4[C@@]5(C)C=C(C#N)C(=O)C(C)(C)C5CC[C@]43C)[C@@H]2C1. The molecule has 3 fully saturated rings. The van der Waals surface area contributed by atoms with Crippen LogP contribution in [0.25, 0.3) is 0 Å². The van der Waals surface area contributed by atoms with Gasteiger partial charge in [-0.2, -0.15) is 5.26 Å². The zero-order valence-electron chi connectivity index (χ0n) is 23.0. The molecule has 0 heterocycles. The molecule has 0 bridgehead atoms. The molecule has 0 spiro atoms. The molecule has 5 nitrogen and oxygen atoms in total. The van der Waals surface area contributed by atoms with Crippen molar-refractivity contribution in [2.24, 2.45) is 50.2 Å². The van der Waals surface area contributed by atoms with E-state index in [9.17, 15) is 24.8 Å². The van der Waals surface area contributed by atoms with Gasteiger partial charge in [-0.25, -0.2) is 0 Å². The van der Waals surface area contributed by atoms with Crippen molar-refractivity contribution in [3.05, 3.63) is 23.3 Å². The van der Waals surface area contributed by atoms with Gasteiger partial charge in [-0.1, -0.05) is 53.2 Å². The predicted molar refractivity (Wildman–Crippen MR) is 137 cm³/mol. The van der Waals surface area contributed by atoms with Gasteiger partial charge in [-0.15, -0.1) is 0 Å². The molecular formula is C31H41NO4. The first kappa shape index (κ1) is 25.4. The average Bonchev–Trinajstić information content (AvgIpc) is 2.78. The molecule has 5 heteroatoms. The summed E-state index contributed by atoms with van der Waals surface area (Å²) in [6.07, 6.45) is 9.57. The van der Waals surface area contributed by atoms with Crippen LogP contribution in [-0.2, 0) is 14.4 Å². The Morgan fingerprint density at radius 1 is 1.00 bits per heavy atom. The van der Waals surface area contributed by atoms with E-state index in [2.05, 4.69) is 33.8 Å². The molecule has 0 radical (unpaired) electrons. The molecule has 5 aliphatic rings. The topological polar surface area (TPSA) is 95.2 Å². The van der Waals surface area contributed by atoms with Gasteiger partial charge in [0.15, 0.2) is 11.6 Å². The lowest BCUT2D eigenvalue weighted by Gasteiger charge is -2.69. The normalized spacial score (nSPS) is 49.3. The molecule has 0 aromatic carbocycles. The number of hydrogen-bond acceptors (Lipinski definition) is 4. The van der Waals surface area contributed by atoms with Crippen molar-refractivity contribution in [3.63, 3.8) is 0 Å². The summed E-state index contributed by atoms with van der Waals surface area (Å²) in [6.45, 7) is 14.8. The fourth-order valence-corrected chi connectivity index (χ4v) is 9.98. The second-order valence-electron chi connectivity index (χ2n) is 14.6. The first-order valence-corrected chi connectivity index (χ1v) is 13.7. The van der Waals surface area contributed by atoms with E-state index in [1.54, 1.807) is 0 Å². The Morgan fingerprint density at radius 3 is 2.25 bits per heavy atom. The van der Waals surface area contributed by atoms with Gasteiger partial charge < -0.3 is 5.11 Å². The third-order valence-electron chi connectivity index (χ3n) is 12.6. The second kappa shape index (κ2) is 7.21. The number of nitrogens with zero attached hydrogens (tertiary/aromatic N) is 1. The Balaban J connectivity index is 1.68. The Bertz CT molecular complexity index is 1190. The summed E-state index contributed by atoms with van der Waals surface area (Å²) in [7, 11) is 0. The predicted octanol–water partition coefficient (Wildman–Crippen LogP) is 6.29. The van der Waals surface area contributed by atoms with Crippen molar-refractivity contribution in [1.29, 1.82) is 5.26 Å². The average molecular weight is 492 g/mol. The molecule has 194 valence electrons. The van der Waals surface area contributed by atoms with Gasteiger partial charge in [-0.3, -0.25) is 14.4 Å². The zero-order chi connectivity index (χ0) is 26.7. The summed E-state index contributed by atoms with van der Waals surface area (Å²) < 4.78 is 0. The molecule has 0 amide bonds. The van der Waals surface area contributed by atoms with E-state index in [-0.39, 0.29) is 51.1 Å². The maximum Gasteiger partial charge on any atom is 0.309 e. The first-order valence-electron chi connectivity index (χ1n) is 13.7. The number of fused-ring (bicyclic) bond motifs is 7. The van der Waals surface area contributed by atoms with Crippen LogP contribution in [0.4, 0.5) is 0 Å². The molecule has 0 aliphatic heterocycles.